The second-order valence-corrected chi connectivity index (χ2v) is 7.17. The molecular weight excluding hydrogens is 366 g/mol. The summed E-state index contributed by atoms with van der Waals surface area (Å²) in [5, 5.41) is 6.92. The molecule has 0 radical (unpaired) electrons. The molecule has 8 heteroatoms. The molecule has 0 bridgehead atoms. The molecule has 1 heterocycles. The van der Waals surface area contributed by atoms with E-state index in [1.165, 1.54) is 16.9 Å². The van der Waals surface area contributed by atoms with E-state index >= 15 is 0 Å². The van der Waals surface area contributed by atoms with E-state index in [0.29, 0.717) is 11.6 Å². The summed E-state index contributed by atoms with van der Waals surface area (Å²) in [5.74, 6) is -1.14. The van der Waals surface area contributed by atoms with Crippen LogP contribution in [0, 0.1) is 5.92 Å². The molecule has 0 spiro atoms. The van der Waals surface area contributed by atoms with Gasteiger partial charge in [-0.15, -0.1) is 11.3 Å². The van der Waals surface area contributed by atoms with E-state index in [2.05, 4.69) is 22.5 Å². The van der Waals surface area contributed by atoms with Crippen LogP contribution < -0.4 is 10.6 Å². The zero-order valence-corrected chi connectivity index (χ0v) is 16.4. The molecule has 0 unspecified atom stereocenters. The smallest absolute Gasteiger partial charge is 0.358 e. The standard InChI is InChI=1S/C19H23N3O4S/c1-4-13-5-7-14(8-6-13)17-21-15(11-27-17)18(24)26-10-16(23)22-19(25)20-9-12(2)3/h5-8,11-12H,4,9-10H2,1-3H3,(H2,20,22,23,25). The van der Waals surface area contributed by atoms with Crippen molar-refractivity contribution in [2.24, 2.45) is 5.92 Å². The maximum absolute atomic E-state index is 12.0. The lowest BCUT2D eigenvalue weighted by molar-refractivity contribution is -0.123. The summed E-state index contributed by atoms with van der Waals surface area (Å²) in [4.78, 5) is 39.4. The Labute approximate surface area is 162 Å². The van der Waals surface area contributed by atoms with Crippen LogP contribution in [0.4, 0.5) is 4.79 Å². The zero-order chi connectivity index (χ0) is 19.8. The van der Waals surface area contributed by atoms with Crippen LogP contribution >= 0.6 is 11.3 Å². The van der Waals surface area contributed by atoms with Crippen molar-refractivity contribution in [2.75, 3.05) is 13.2 Å². The number of ether oxygens (including phenoxy) is 1. The van der Waals surface area contributed by atoms with Crippen LogP contribution in [0.25, 0.3) is 10.6 Å². The topological polar surface area (TPSA) is 97.4 Å². The SMILES string of the molecule is CCc1ccc(-c2nc(C(=O)OCC(=O)NC(=O)NCC(C)C)cs2)cc1. The molecule has 0 saturated carbocycles. The molecule has 2 N–H and O–H groups in total. The van der Waals surface area contributed by atoms with E-state index < -0.39 is 24.5 Å². The molecule has 0 aliphatic rings. The third-order valence-electron chi connectivity index (χ3n) is 3.58. The number of benzene rings is 1. The number of imide groups is 1. The lowest BCUT2D eigenvalue weighted by Crippen LogP contribution is -2.42. The van der Waals surface area contributed by atoms with Gasteiger partial charge < -0.3 is 10.1 Å². The summed E-state index contributed by atoms with van der Waals surface area (Å²) >= 11 is 1.32. The fourth-order valence-corrected chi connectivity index (χ4v) is 2.89. The molecule has 0 atom stereocenters. The van der Waals surface area contributed by atoms with Gasteiger partial charge in [-0.1, -0.05) is 45.0 Å². The predicted molar refractivity (Wildman–Crippen MR) is 104 cm³/mol. The second kappa shape index (κ2) is 9.82. The Bertz CT molecular complexity index is 800. The van der Waals surface area contributed by atoms with Gasteiger partial charge in [-0.05, 0) is 17.9 Å². The van der Waals surface area contributed by atoms with Gasteiger partial charge in [0.05, 0.1) is 0 Å². The second-order valence-electron chi connectivity index (χ2n) is 6.32. The minimum Gasteiger partial charge on any atom is -0.451 e. The quantitative estimate of drug-likeness (QED) is 0.710. The van der Waals surface area contributed by atoms with Gasteiger partial charge >= 0.3 is 12.0 Å². The predicted octanol–water partition coefficient (Wildman–Crippen LogP) is 3.01. The van der Waals surface area contributed by atoms with Gasteiger partial charge in [0, 0.05) is 17.5 Å². The van der Waals surface area contributed by atoms with Crippen molar-refractivity contribution in [1.29, 1.82) is 0 Å². The Morgan fingerprint density at radius 1 is 1.19 bits per heavy atom. The summed E-state index contributed by atoms with van der Waals surface area (Å²) in [5.41, 5.74) is 2.26. The van der Waals surface area contributed by atoms with E-state index in [1.807, 2.05) is 38.1 Å². The lowest BCUT2D eigenvalue weighted by Gasteiger charge is -2.08. The fourth-order valence-electron chi connectivity index (χ4n) is 2.09. The molecule has 1 aromatic carbocycles. The maximum Gasteiger partial charge on any atom is 0.358 e. The van der Waals surface area contributed by atoms with Gasteiger partial charge in [0.1, 0.15) is 5.01 Å². The Hall–Kier alpha value is -2.74. The van der Waals surface area contributed by atoms with E-state index in [1.54, 1.807) is 5.38 Å². The number of aryl methyl sites for hydroxylation is 1. The normalized spacial score (nSPS) is 10.5. The molecule has 2 aromatic rings. The number of hydrogen-bond donors (Lipinski definition) is 2. The molecule has 0 fully saturated rings. The Balaban J connectivity index is 1.85. The van der Waals surface area contributed by atoms with Gasteiger partial charge in [-0.25, -0.2) is 14.6 Å². The highest BCUT2D eigenvalue weighted by atomic mass is 32.1. The van der Waals surface area contributed by atoms with E-state index in [-0.39, 0.29) is 11.6 Å². The number of aromatic nitrogens is 1. The average molecular weight is 389 g/mol. The number of esters is 1. The molecule has 27 heavy (non-hydrogen) atoms. The zero-order valence-electron chi connectivity index (χ0n) is 15.6. The number of thiazole rings is 1. The van der Waals surface area contributed by atoms with Crippen molar-refractivity contribution in [3.05, 3.63) is 40.9 Å². The monoisotopic (exact) mass is 389 g/mol. The van der Waals surface area contributed by atoms with Crippen molar-refractivity contribution < 1.29 is 19.1 Å². The van der Waals surface area contributed by atoms with E-state index in [9.17, 15) is 14.4 Å². The summed E-state index contributed by atoms with van der Waals surface area (Å²) < 4.78 is 4.92. The van der Waals surface area contributed by atoms with Crippen LogP contribution in [-0.2, 0) is 16.0 Å². The number of nitrogens with one attached hydrogen (secondary N) is 2. The minimum absolute atomic E-state index is 0.131. The highest BCUT2D eigenvalue weighted by molar-refractivity contribution is 7.13. The lowest BCUT2D eigenvalue weighted by atomic mass is 10.1. The molecular formula is C19H23N3O4S. The van der Waals surface area contributed by atoms with E-state index in [0.717, 1.165) is 12.0 Å². The number of rotatable bonds is 7. The highest BCUT2D eigenvalue weighted by Crippen LogP contribution is 2.24. The molecule has 144 valence electrons. The van der Waals surface area contributed by atoms with Gasteiger partial charge in [0.2, 0.25) is 0 Å². The molecule has 3 amide bonds. The molecule has 0 saturated heterocycles. The van der Waals surface area contributed by atoms with Crippen molar-refractivity contribution in [2.45, 2.75) is 27.2 Å². The molecule has 7 nitrogen and oxygen atoms in total. The largest absolute Gasteiger partial charge is 0.451 e. The maximum atomic E-state index is 12.0. The third-order valence-corrected chi connectivity index (χ3v) is 4.47. The van der Waals surface area contributed by atoms with Gasteiger partial charge in [0.15, 0.2) is 12.3 Å². The number of amides is 3. The Morgan fingerprint density at radius 2 is 1.89 bits per heavy atom. The number of nitrogens with zero attached hydrogens (tertiary/aromatic N) is 1. The molecule has 2 rings (SSSR count). The summed E-state index contributed by atoms with van der Waals surface area (Å²) in [6, 6.07) is 7.33. The first-order valence-electron chi connectivity index (χ1n) is 8.68. The van der Waals surface area contributed by atoms with Crippen molar-refractivity contribution >= 4 is 29.2 Å². The van der Waals surface area contributed by atoms with Crippen LogP contribution in [-0.4, -0.2) is 36.0 Å². The number of hydrogen-bond acceptors (Lipinski definition) is 6. The summed E-state index contributed by atoms with van der Waals surface area (Å²) in [6.07, 6.45) is 0.952. The third kappa shape index (κ3) is 6.49. The van der Waals surface area contributed by atoms with Gasteiger partial charge in [-0.2, -0.15) is 0 Å². The molecule has 0 aliphatic carbocycles. The molecule has 0 aliphatic heterocycles. The van der Waals surface area contributed by atoms with E-state index in [4.69, 9.17) is 4.74 Å². The van der Waals surface area contributed by atoms with Crippen molar-refractivity contribution in [3.63, 3.8) is 0 Å². The minimum atomic E-state index is -0.708. The fraction of sp³-hybridized carbons (Fsp3) is 0.368. The van der Waals surface area contributed by atoms with Crippen molar-refractivity contribution in [1.82, 2.24) is 15.6 Å². The number of carbonyl (C=O) groups is 3. The van der Waals surface area contributed by atoms with Crippen LogP contribution in [0.15, 0.2) is 29.6 Å². The Kier molecular flexibility index (Phi) is 7.48. The summed E-state index contributed by atoms with van der Waals surface area (Å²) in [6.45, 7) is 5.84. The number of carbonyl (C=O) groups excluding carboxylic acids is 3. The van der Waals surface area contributed by atoms with Crippen molar-refractivity contribution in [3.8, 4) is 10.6 Å². The van der Waals surface area contributed by atoms with Crippen LogP contribution in [0.1, 0.15) is 36.8 Å². The first-order valence-corrected chi connectivity index (χ1v) is 9.56. The molecule has 1 aromatic heterocycles. The van der Waals surface area contributed by atoms with Gasteiger partial charge in [0.25, 0.3) is 5.91 Å². The average Bonchev–Trinajstić information content (AvgIpc) is 3.15. The summed E-state index contributed by atoms with van der Waals surface area (Å²) in [7, 11) is 0. The first-order chi connectivity index (χ1) is 12.9. The Morgan fingerprint density at radius 3 is 2.52 bits per heavy atom. The van der Waals surface area contributed by atoms with Gasteiger partial charge in [-0.3, -0.25) is 10.1 Å². The number of urea groups is 1. The van der Waals surface area contributed by atoms with Crippen LogP contribution in [0.5, 0.6) is 0 Å². The van der Waals surface area contributed by atoms with Crippen LogP contribution in [0.3, 0.4) is 0 Å². The van der Waals surface area contributed by atoms with Crippen LogP contribution in [0.2, 0.25) is 0 Å². The highest BCUT2D eigenvalue weighted by Gasteiger charge is 2.16. The first kappa shape index (κ1) is 20.6.